The Morgan fingerprint density at radius 2 is 2.00 bits per heavy atom. The third-order valence-corrected chi connectivity index (χ3v) is 3.43. The number of aromatic nitrogens is 1. The van der Waals surface area contributed by atoms with Crippen molar-refractivity contribution in [3.63, 3.8) is 0 Å². The number of hydrogen-bond donors (Lipinski definition) is 1. The van der Waals surface area contributed by atoms with Gasteiger partial charge in [0, 0.05) is 32.7 Å². The molecule has 1 aromatic heterocycles. The van der Waals surface area contributed by atoms with E-state index in [-0.39, 0.29) is 0 Å². The molecule has 100 valence electrons. The first-order valence-corrected chi connectivity index (χ1v) is 6.74. The molecule has 0 unspecified atom stereocenters. The van der Waals surface area contributed by atoms with Crippen molar-refractivity contribution >= 4 is 34.3 Å². The van der Waals surface area contributed by atoms with E-state index in [1.54, 1.807) is 0 Å². The number of para-hydroxylation sites is 2. The van der Waals surface area contributed by atoms with E-state index in [2.05, 4.69) is 14.8 Å². The minimum Gasteiger partial charge on any atom is -0.423 e. The Morgan fingerprint density at radius 3 is 2.68 bits per heavy atom. The van der Waals surface area contributed by atoms with E-state index in [1.807, 2.05) is 24.3 Å². The third kappa shape index (κ3) is 2.69. The minimum absolute atomic E-state index is 0.551. The fourth-order valence-corrected chi connectivity index (χ4v) is 2.50. The van der Waals surface area contributed by atoms with Crippen LogP contribution in [0.1, 0.15) is 0 Å². The predicted octanol–water partition coefficient (Wildman–Crippen LogP) is 1.24. The Bertz CT molecular complexity index is 556. The predicted molar refractivity (Wildman–Crippen MR) is 79.4 cm³/mol. The van der Waals surface area contributed by atoms with Gasteiger partial charge in [0.2, 0.25) is 0 Å². The van der Waals surface area contributed by atoms with Gasteiger partial charge in [0.15, 0.2) is 5.58 Å². The van der Waals surface area contributed by atoms with Crippen LogP contribution in [0.2, 0.25) is 0 Å². The lowest BCUT2D eigenvalue weighted by Crippen LogP contribution is -2.48. The van der Waals surface area contributed by atoms with Crippen molar-refractivity contribution in [2.24, 2.45) is 5.73 Å². The van der Waals surface area contributed by atoms with Crippen molar-refractivity contribution in [3.8, 4) is 0 Å². The highest BCUT2D eigenvalue weighted by Crippen LogP contribution is 2.22. The van der Waals surface area contributed by atoms with Crippen molar-refractivity contribution < 1.29 is 4.42 Å². The van der Waals surface area contributed by atoms with E-state index in [9.17, 15) is 0 Å². The molecule has 0 radical (unpaired) electrons. The molecule has 1 aliphatic heterocycles. The monoisotopic (exact) mass is 276 g/mol. The Hall–Kier alpha value is -1.66. The molecule has 5 nitrogen and oxygen atoms in total. The number of thiocarbonyl (C=S) groups is 1. The number of nitrogens with two attached hydrogens (primary N) is 1. The fourth-order valence-electron chi connectivity index (χ4n) is 2.31. The number of rotatable bonds is 3. The highest BCUT2D eigenvalue weighted by atomic mass is 32.1. The SMILES string of the molecule is NC(=S)CN1CCN(c2nc3ccccc3o2)CC1. The molecular formula is C13H16N4OS. The molecule has 0 amide bonds. The van der Waals surface area contributed by atoms with Crippen molar-refractivity contribution in [2.45, 2.75) is 0 Å². The van der Waals surface area contributed by atoms with E-state index in [1.165, 1.54) is 0 Å². The van der Waals surface area contributed by atoms with Crippen LogP contribution >= 0.6 is 12.2 Å². The van der Waals surface area contributed by atoms with Crippen molar-refractivity contribution in [1.82, 2.24) is 9.88 Å². The van der Waals surface area contributed by atoms with Gasteiger partial charge in [-0.05, 0) is 12.1 Å². The van der Waals surface area contributed by atoms with Gasteiger partial charge in [0.05, 0.1) is 4.99 Å². The minimum atomic E-state index is 0.551. The summed E-state index contributed by atoms with van der Waals surface area (Å²) in [5.74, 6) is 0. The smallest absolute Gasteiger partial charge is 0.298 e. The van der Waals surface area contributed by atoms with Crippen LogP contribution < -0.4 is 10.6 Å². The Morgan fingerprint density at radius 1 is 1.26 bits per heavy atom. The van der Waals surface area contributed by atoms with Crippen LogP contribution in [-0.2, 0) is 0 Å². The first kappa shape index (κ1) is 12.4. The van der Waals surface area contributed by atoms with E-state index in [0.29, 0.717) is 17.5 Å². The topological polar surface area (TPSA) is 58.5 Å². The molecule has 19 heavy (non-hydrogen) atoms. The molecule has 0 aliphatic carbocycles. The molecule has 2 heterocycles. The summed E-state index contributed by atoms with van der Waals surface area (Å²) in [6.45, 7) is 4.31. The first-order chi connectivity index (χ1) is 9.22. The second kappa shape index (κ2) is 5.14. The number of anilines is 1. The number of piperazine rings is 1. The van der Waals surface area contributed by atoms with Crippen LogP contribution in [0, 0.1) is 0 Å². The largest absolute Gasteiger partial charge is 0.423 e. The molecule has 1 aliphatic rings. The van der Waals surface area contributed by atoms with E-state index >= 15 is 0 Å². The summed E-state index contributed by atoms with van der Waals surface area (Å²) >= 11 is 4.93. The lowest BCUT2D eigenvalue weighted by atomic mass is 10.3. The van der Waals surface area contributed by atoms with E-state index in [0.717, 1.165) is 37.3 Å². The molecule has 0 bridgehead atoms. The molecule has 0 spiro atoms. The first-order valence-electron chi connectivity index (χ1n) is 6.33. The lowest BCUT2D eigenvalue weighted by Gasteiger charge is -2.33. The molecule has 0 saturated carbocycles. The molecule has 1 aromatic carbocycles. The maximum Gasteiger partial charge on any atom is 0.298 e. The molecule has 3 rings (SSSR count). The van der Waals surface area contributed by atoms with Gasteiger partial charge in [-0.25, -0.2) is 0 Å². The summed E-state index contributed by atoms with van der Waals surface area (Å²) < 4.78 is 5.77. The normalized spacial score (nSPS) is 16.9. The van der Waals surface area contributed by atoms with Crippen LogP contribution in [0.25, 0.3) is 11.1 Å². The second-order valence-electron chi connectivity index (χ2n) is 4.69. The summed E-state index contributed by atoms with van der Waals surface area (Å²) in [5.41, 5.74) is 7.31. The Kier molecular flexibility index (Phi) is 3.35. The lowest BCUT2D eigenvalue weighted by molar-refractivity contribution is 0.286. The van der Waals surface area contributed by atoms with Crippen LogP contribution in [0.3, 0.4) is 0 Å². The molecule has 1 fully saturated rings. The Balaban J connectivity index is 1.69. The molecular weight excluding hydrogens is 260 g/mol. The van der Waals surface area contributed by atoms with Gasteiger partial charge >= 0.3 is 0 Å². The van der Waals surface area contributed by atoms with E-state index in [4.69, 9.17) is 22.4 Å². The van der Waals surface area contributed by atoms with Crippen LogP contribution in [0.15, 0.2) is 28.7 Å². The Labute approximate surface area is 117 Å². The van der Waals surface area contributed by atoms with Gasteiger partial charge < -0.3 is 15.1 Å². The fraction of sp³-hybridized carbons (Fsp3) is 0.385. The van der Waals surface area contributed by atoms with Crippen LogP contribution in [-0.4, -0.2) is 47.6 Å². The average molecular weight is 276 g/mol. The maximum atomic E-state index is 5.77. The van der Waals surface area contributed by atoms with Crippen molar-refractivity contribution in [1.29, 1.82) is 0 Å². The van der Waals surface area contributed by atoms with Gasteiger partial charge in [-0.1, -0.05) is 24.4 Å². The van der Waals surface area contributed by atoms with Gasteiger partial charge in [-0.15, -0.1) is 0 Å². The molecule has 1 saturated heterocycles. The second-order valence-corrected chi connectivity index (χ2v) is 5.22. The zero-order valence-corrected chi connectivity index (χ0v) is 11.4. The third-order valence-electron chi connectivity index (χ3n) is 3.30. The maximum absolute atomic E-state index is 5.77. The zero-order chi connectivity index (χ0) is 13.2. The number of hydrogen-bond acceptors (Lipinski definition) is 5. The van der Waals surface area contributed by atoms with Crippen LogP contribution in [0.4, 0.5) is 6.01 Å². The molecule has 6 heteroatoms. The van der Waals surface area contributed by atoms with Crippen molar-refractivity contribution in [2.75, 3.05) is 37.6 Å². The molecule has 2 N–H and O–H groups in total. The van der Waals surface area contributed by atoms with Gasteiger partial charge in [0.25, 0.3) is 6.01 Å². The quantitative estimate of drug-likeness (QED) is 0.851. The summed E-state index contributed by atoms with van der Waals surface area (Å²) in [7, 11) is 0. The summed E-state index contributed by atoms with van der Waals surface area (Å²) in [6.07, 6.45) is 0. The summed E-state index contributed by atoms with van der Waals surface area (Å²) in [6, 6.07) is 8.53. The number of fused-ring (bicyclic) bond motifs is 1. The molecule has 0 atom stereocenters. The van der Waals surface area contributed by atoms with E-state index < -0.39 is 0 Å². The van der Waals surface area contributed by atoms with Gasteiger partial charge in [-0.3, -0.25) is 4.90 Å². The number of nitrogens with zero attached hydrogens (tertiary/aromatic N) is 3. The average Bonchev–Trinajstić information content (AvgIpc) is 2.82. The standard InChI is InChI=1S/C13H16N4OS/c14-12(19)9-16-5-7-17(8-6-16)13-15-10-3-1-2-4-11(10)18-13/h1-4H,5-9H2,(H2,14,19). The highest BCUT2D eigenvalue weighted by Gasteiger charge is 2.21. The zero-order valence-electron chi connectivity index (χ0n) is 10.6. The summed E-state index contributed by atoms with van der Waals surface area (Å²) in [4.78, 5) is 9.48. The van der Waals surface area contributed by atoms with Gasteiger partial charge in [0.1, 0.15) is 5.52 Å². The van der Waals surface area contributed by atoms with Crippen molar-refractivity contribution in [3.05, 3.63) is 24.3 Å². The van der Waals surface area contributed by atoms with Gasteiger partial charge in [-0.2, -0.15) is 4.98 Å². The summed E-state index contributed by atoms with van der Waals surface area (Å²) in [5, 5.41) is 0. The molecule has 2 aromatic rings. The number of oxazole rings is 1. The number of benzene rings is 1. The highest BCUT2D eigenvalue weighted by molar-refractivity contribution is 7.80. The van der Waals surface area contributed by atoms with Crippen LogP contribution in [0.5, 0.6) is 0 Å².